The van der Waals surface area contributed by atoms with Gasteiger partial charge in [-0.3, -0.25) is 28.9 Å². The zero-order chi connectivity index (χ0) is 28.0. The molecule has 1 aliphatic heterocycles. The summed E-state index contributed by atoms with van der Waals surface area (Å²) < 4.78 is 5.66. The van der Waals surface area contributed by atoms with Gasteiger partial charge < -0.3 is 20.7 Å². The summed E-state index contributed by atoms with van der Waals surface area (Å²) >= 11 is 0. The molecule has 212 valence electrons. The summed E-state index contributed by atoms with van der Waals surface area (Å²) in [6.07, 6.45) is 7.40. The van der Waals surface area contributed by atoms with Crippen molar-refractivity contribution in [2.45, 2.75) is 58.3 Å². The number of carbonyl (C=O) groups is 5. The van der Waals surface area contributed by atoms with Gasteiger partial charge in [0, 0.05) is 57.1 Å². The Morgan fingerprint density at radius 1 is 0.821 bits per heavy atom. The van der Waals surface area contributed by atoms with Crippen molar-refractivity contribution in [1.29, 1.82) is 0 Å². The first-order valence-corrected chi connectivity index (χ1v) is 13.9. The molecule has 1 fully saturated rings. The second-order valence-corrected chi connectivity index (χ2v) is 10.2. The largest absolute Gasteiger partial charge is 0.494 e. The van der Waals surface area contributed by atoms with Gasteiger partial charge in [0.2, 0.25) is 17.7 Å². The summed E-state index contributed by atoms with van der Waals surface area (Å²) in [6.45, 7) is 4.18. The predicted molar refractivity (Wildman–Crippen MR) is 145 cm³/mol. The maximum Gasteiger partial charge on any atom is 0.253 e. The van der Waals surface area contributed by atoms with E-state index in [4.69, 9.17) is 4.74 Å². The monoisotopic (exact) mass is 540 g/mol. The molecule has 2 aliphatic rings. The van der Waals surface area contributed by atoms with Crippen molar-refractivity contribution in [3.8, 4) is 5.75 Å². The molecule has 0 spiro atoms. The first-order chi connectivity index (χ1) is 18.8. The first kappa shape index (κ1) is 29.9. The van der Waals surface area contributed by atoms with Crippen LogP contribution in [-0.4, -0.2) is 67.2 Å². The van der Waals surface area contributed by atoms with Crippen molar-refractivity contribution in [3.63, 3.8) is 0 Å². The minimum atomic E-state index is -0.265. The van der Waals surface area contributed by atoms with E-state index in [1.165, 1.54) is 22.6 Å². The first-order valence-electron chi connectivity index (χ1n) is 13.9. The fourth-order valence-electron chi connectivity index (χ4n) is 4.69. The lowest BCUT2D eigenvalue weighted by atomic mass is 9.81. The predicted octanol–water partition coefficient (Wildman–Crippen LogP) is 2.01. The summed E-state index contributed by atoms with van der Waals surface area (Å²) in [7, 11) is 0. The summed E-state index contributed by atoms with van der Waals surface area (Å²) in [5, 5.41) is 8.41. The molecule has 3 N–H and O–H groups in total. The summed E-state index contributed by atoms with van der Waals surface area (Å²) in [6, 6.07) is 7.88. The van der Waals surface area contributed by atoms with Crippen LogP contribution in [0.2, 0.25) is 0 Å². The number of imide groups is 1. The van der Waals surface area contributed by atoms with Crippen molar-refractivity contribution >= 4 is 29.5 Å². The van der Waals surface area contributed by atoms with Gasteiger partial charge in [-0.1, -0.05) is 17.7 Å². The normalized spacial score (nSPS) is 18.6. The standard InChI is InChI=1S/C29H40N4O6/c1-21-4-10-24(11-5-21)39-19-3-2-16-30-25(34)12-13-26(35)31-17-18-32-29(38)23-8-6-22(7-9-23)20-33-27(36)14-15-28(33)37/h4-5,10-11,14-15,22-23H,2-3,6-9,12-13,16-20H2,1H3,(H,30,34)(H,31,35)(H,32,38). The minimum absolute atomic E-state index is 0.0404. The van der Waals surface area contributed by atoms with Crippen molar-refractivity contribution < 1.29 is 28.7 Å². The molecule has 1 aromatic rings. The van der Waals surface area contributed by atoms with Gasteiger partial charge >= 0.3 is 0 Å². The van der Waals surface area contributed by atoms with Crippen LogP contribution in [0.25, 0.3) is 0 Å². The van der Waals surface area contributed by atoms with E-state index in [2.05, 4.69) is 16.0 Å². The fourth-order valence-corrected chi connectivity index (χ4v) is 4.69. The highest BCUT2D eigenvalue weighted by Gasteiger charge is 2.31. The van der Waals surface area contributed by atoms with E-state index in [0.717, 1.165) is 31.4 Å². The SMILES string of the molecule is Cc1ccc(OCCCCNC(=O)CCC(=O)NCCNC(=O)C2CCC(CN3C(=O)C=CC3=O)CC2)cc1. The Morgan fingerprint density at radius 2 is 1.41 bits per heavy atom. The zero-order valence-electron chi connectivity index (χ0n) is 22.7. The number of unbranched alkanes of at least 4 members (excludes halogenated alkanes) is 1. The molecule has 1 aliphatic carbocycles. The van der Waals surface area contributed by atoms with Crippen molar-refractivity contribution in [2.24, 2.45) is 11.8 Å². The van der Waals surface area contributed by atoms with Gasteiger partial charge in [-0.25, -0.2) is 0 Å². The fraction of sp³-hybridized carbons (Fsp3) is 0.552. The number of aryl methyl sites for hydroxylation is 1. The highest BCUT2D eigenvalue weighted by atomic mass is 16.5. The Balaban J connectivity index is 1.15. The van der Waals surface area contributed by atoms with Gasteiger partial charge in [0.15, 0.2) is 0 Å². The van der Waals surface area contributed by atoms with E-state index in [1.807, 2.05) is 31.2 Å². The number of rotatable bonds is 15. The zero-order valence-corrected chi connectivity index (χ0v) is 22.7. The number of amides is 5. The molecule has 3 rings (SSSR count). The molecule has 0 unspecified atom stereocenters. The van der Waals surface area contributed by atoms with Gasteiger partial charge in [0.25, 0.3) is 11.8 Å². The van der Waals surface area contributed by atoms with Crippen LogP contribution in [0.4, 0.5) is 0 Å². The number of benzene rings is 1. The Hall–Kier alpha value is -3.69. The number of hydrogen-bond donors (Lipinski definition) is 3. The van der Waals surface area contributed by atoms with Crippen LogP contribution >= 0.6 is 0 Å². The number of nitrogens with one attached hydrogen (secondary N) is 3. The second-order valence-electron chi connectivity index (χ2n) is 10.2. The van der Waals surface area contributed by atoms with Crippen LogP contribution in [0.1, 0.15) is 56.9 Å². The van der Waals surface area contributed by atoms with Gasteiger partial charge in [-0.05, 0) is 63.5 Å². The molecule has 1 saturated carbocycles. The average Bonchev–Trinajstić information content (AvgIpc) is 3.25. The highest BCUT2D eigenvalue weighted by Crippen LogP contribution is 2.30. The maximum absolute atomic E-state index is 12.5. The lowest BCUT2D eigenvalue weighted by Gasteiger charge is -2.30. The highest BCUT2D eigenvalue weighted by molar-refractivity contribution is 6.12. The quantitative estimate of drug-likeness (QED) is 0.230. The van der Waals surface area contributed by atoms with Crippen molar-refractivity contribution in [2.75, 3.05) is 32.8 Å². The molecule has 10 heteroatoms. The van der Waals surface area contributed by atoms with Crippen molar-refractivity contribution in [1.82, 2.24) is 20.9 Å². The van der Waals surface area contributed by atoms with Crippen LogP contribution < -0.4 is 20.7 Å². The number of hydrogen-bond acceptors (Lipinski definition) is 6. The van der Waals surface area contributed by atoms with Crippen LogP contribution in [0.5, 0.6) is 5.75 Å². The minimum Gasteiger partial charge on any atom is -0.494 e. The molecule has 0 atom stereocenters. The van der Waals surface area contributed by atoms with Gasteiger partial charge in [0.1, 0.15) is 5.75 Å². The van der Waals surface area contributed by atoms with E-state index in [0.29, 0.717) is 45.6 Å². The summed E-state index contributed by atoms with van der Waals surface area (Å²) in [5.41, 5.74) is 1.18. The molecule has 0 radical (unpaired) electrons. The Bertz CT molecular complexity index is 1010. The third-order valence-electron chi connectivity index (χ3n) is 7.07. The average molecular weight is 541 g/mol. The number of ether oxygens (including phenoxy) is 1. The number of carbonyl (C=O) groups excluding carboxylic acids is 5. The Kier molecular flexibility index (Phi) is 12.0. The van der Waals surface area contributed by atoms with E-state index < -0.39 is 0 Å². The molecule has 0 bridgehead atoms. The third-order valence-corrected chi connectivity index (χ3v) is 7.07. The van der Waals surface area contributed by atoms with E-state index in [9.17, 15) is 24.0 Å². The second kappa shape index (κ2) is 15.7. The summed E-state index contributed by atoms with van der Waals surface area (Å²) in [4.78, 5) is 61.1. The molecule has 0 aromatic heterocycles. The van der Waals surface area contributed by atoms with E-state index in [1.54, 1.807) is 0 Å². The molecule has 5 amide bonds. The van der Waals surface area contributed by atoms with Crippen LogP contribution in [0.15, 0.2) is 36.4 Å². The van der Waals surface area contributed by atoms with Gasteiger partial charge in [-0.2, -0.15) is 0 Å². The van der Waals surface area contributed by atoms with Crippen LogP contribution in [-0.2, 0) is 24.0 Å². The molecular weight excluding hydrogens is 500 g/mol. The lowest BCUT2D eigenvalue weighted by Crippen LogP contribution is -2.40. The molecule has 1 aromatic carbocycles. The topological polar surface area (TPSA) is 134 Å². The Labute approximate surface area is 229 Å². The Morgan fingerprint density at radius 3 is 2.05 bits per heavy atom. The van der Waals surface area contributed by atoms with Gasteiger partial charge in [0.05, 0.1) is 6.61 Å². The molecular formula is C29H40N4O6. The van der Waals surface area contributed by atoms with E-state index >= 15 is 0 Å². The lowest BCUT2D eigenvalue weighted by molar-refractivity contribution is -0.138. The number of nitrogens with zero attached hydrogens (tertiary/aromatic N) is 1. The van der Waals surface area contributed by atoms with Crippen LogP contribution in [0, 0.1) is 18.8 Å². The summed E-state index contributed by atoms with van der Waals surface area (Å²) in [5.74, 6) is -0.00886. The maximum atomic E-state index is 12.5. The molecule has 1 heterocycles. The van der Waals surface area contributed by atoms with E-state index in [-0.39, 0.29) is 54.2 Å². The third kappa shape index (κ3) is 10.5. The van der Waals surface area contributed by atoms with Gasteiger partial charge in [-0.15, -0.1) is 0 Å². The van der Waals surface area contributed by atoms with Crippen molar-refractivity contribution in [3.05, 3.63) is 42.0 Å². The molecule has 10 nitrogen and oxygen atoms in total. The van der Waals surface area contributed by atoms with Crippen LogP contribution in [0.3, 0.4) is 0 Å². The molecule has 39 heavy (non-hydrogen) atoms. The smallest absolute Gasteiger partial charge is 0.253 e. The molecule has 0 saturated heterocycles.